The summed E-state index contributed by atoms with van der Waals surface area (Å²) in [5.41, 5.74) is 3.80. The first-order valence-corrected chi connectivity index (χ1v) is 6.98. The number of nitrogens with one attached hydrogen (secondary N) is 1. The van der Waals surface area contributed by atoms with E-state index in [1.807, 2.05) is 42.5 Å². The zero-order valence-corrected chi connectivity index (χ0v) is 12.2. The molecule has 2 aromatic rings. The van der Waals surface area contributed by atoms with Crippen molar-refractivity contribution in [3.05, 3.63) is 53.6 Å². The van der Waals surface area contributed by atoms with E-state index in [9.17, 15) is 4.79 Å². The molecule has 21 heavy (non-hydrogen) atoms. The maximum atomic E-state index is 12.7. The zero-order chi connectivity index (χ0) is 14.8. The minimum Gasteiger partial charge on any atom is -0.495 e. The molecule has 2 aromatic carbocycles. The highest BCUT2D eigenvalue weighted by Crippen LogP contribution is 2.29. The van der Waals surface area contributed by atoms with Gasteiger partial charge in [0.15, 0.2) is 0 Å². The van der Waals surface area contributed by atoms with Gasteiger partial charge in [-0.05, 0) is 42.3 Å². The fraction of sp³-hybridized carbons (Fsp3) is 0.235. The average molecular weight is 282 g/mol. The van der Waals surface area contributed by atoms with Crippen LogP contribution in [0.15, 0.2) is 42.5 Å². The number of carbonyl (C=O) groups excluding carboxylic acids is 1. The molecule has 108 valence electrons. The van der Waals surface area contributed by atoms with Crippen LogP contribution in [0, 0.1) is 0 Å². The summed E-state index contributed by atoms with van der Waals surface area (Å²) >= 11 is 0. The molecule has 1 N–H and O–H groups in total. The van der Waals surface area contributed by atoms with Crippen molar-refractivity contribution in [1.82, 2.24) is 0 Å². The van der Waals surface area contributed by atoms with E-state index >= 15 is 0 Å². The summed E-state index contributed by atoms with van der Waals surface area (Å²) in [7, 11) is 3.38. The van der Waals surface area contributed by atoms with Crippen LogP contribution in [-0.4, -0.2) is 26.6 Å². The van der Waals surface area contributed by atoms with Gasteiger partial charge in [0.2, 0.25) is 0 Å². The van der Waals surface area contributed by atoms with E-state index in [0.717, 1.165) is 24.3 Å². The van der Waals surface area contributed by atoms with E-state index < -0.39 is 0 Å². The Balaban J connectivity index is 1.91. The topological polar surface area (TPSA) is 41.6 Å². The third-order valence-electron chi connectivity index (χ3n) is 3.81. The normalized spacial score (nSPS) is 12.5. The van der Waals surface area contributed by atoms with Crippen molar-refractivity contribution < 1.29 is 9.53 Å². The Morgan fingerprint density at radius 3 is 2.86 bits per heavy atom. The molecule has 1 aliphatic heterocycles. The van der Waals surface area contributed by atoms with Crippen LogP contribution in [0.1, 0.15) is 15.9 Å². The van der Waals surface area contributed by atoms with Crippen molar-refractivity contribution in [2.45, 2.75) is 6.42 Å². The first kappa shape index (κ1) is 13.5. The Morgan fingerprint density at radius 2 is 2.05 bits per heavy atom. The lowest BCUT2D eigenvalue weighted by molar-refractivity contribution is 0.0992. The number of carbonyl (C=O) groups is 1. The van der Waals surface area contributed by atoms with Gasteiger partial charge in [-0.1, -0.05) is 12.1 Å². The predicted octanol–water partition coefficient (Wildman–Crippen LogP) is 2.94. The van der Waals surface area contributed by atoms with Crippen molar-refractivity contribution in [1.29, 1.82) is 0 Å². The lowest BCUT2D eigenvalue weighted by atomic mass is 10.1. The number of fused-ring (bicyclic) bond motifs is 1. The zero-order valence-electron chi connectivity index (χ0n) is 12.2. The first-order chi connectivity index (χ1) is 10.2. The molecule has 0 radical (unpaired) electrons. The van der Waals surface area contributed by atoms with Gasteiger partial charge in [0.25, 0.3) is 5.91 Å². The molecule has 0 aromatic heterocycles. The van der Waals surface area contributed by atoms with E-state index in [1.54, 1.807) is 19.1 Å². The van der Waals surface area contributed by atoms with Gasteiger partial charge in [0.05, 0.1) is 12.8 Å². The standard InChI is InChI=1S/C17H18N2O2/c1-19(15-5-3-4-6-16(15)21-2)17(20)13-7-8-14-12(11-13)9-10-18-14/h3-8,11,18H,9-10H2,1-2H3. The second-order valence-electron chi connectivity index (χ2n) is 5.08. The Morgan fingerprint density at radius 1 is 1.24 bits per heavy atom. The van der Waals surface area contributed by atoms with Crippen LogP contribution in [0.5, 0.6) is 5.75 Å². The van der Waals surface area contributed by atoms with Crippen LogP contribution >= 0.6 is 0 Å². The molecular formula is C17H18N2O2. The van der Waals surface area contributed by atoms with Gasteiger partial charge >= 0.3 is 0 Å². The Labute approximate surface area is 124 Å². The van der Waals surface area contributed by atoms with E-state index in [2.05, 4.69) is 5.32 Å². The highest BCUT2D eigenvalue weighted by molar-refractivity contribution is 6.06. The molecule has 0 spiro atoms. The lowest BCUT2D eigenvalue weighted by Crippen LogP contribution is -2.26. The van der Waals surface area contributed by atoms with Crippen LogP contribution in [0.4, 0.5) is 11.4 Å². The van der Waals surface area contributed by atoms with Gasteiger partial charge in [0, 0.05) is 24.8 Å². The number of anilines is 2. The van der Waals surface area contributed by atoms with Gasteiger partial charge in [-0.25, -0.2) is 0 Å². The summed E-state index contributed by atoms with van der Waals surface area (Å²) < 4.78 is 5.32. The molecule has 0 aliphatic carbocycles. The summed E-state index contributed by atoms with van der Waals surface area (Å²) in [5, 5.41) is 3.30. The molecule has 4 nitrogen and oxygen atoms in total. The maximum absolute atomic E-state index is 12.7. The lowest BCUT2D eigenvalue weighted by Gasteiger charge is -2.20. The smallest absolute Gasteiger partial charge is 0.258 e. The van der Waals surface area contributed by atoms with Gasteiger partial charge < -0.3 is 15.0 Å². The summed E-state index contributed by atoms with van der Waals surface area (Å²) in [5.74, 6) is 0.658. The molecular weight excluding hydrogens is 264 g/mol. The van der Waals surface area contributed by atoms with Crippen molar-refractivity contribution in [2.24, 2.45) is 0 Å². The Kier molecular flexibility index (Phi) is 3.52. The molecule has 4 heteroatoms. The number of para-hydroxylation sites is 2. The highest BCUT2D eigenvalue weighted by Gasteiger charge is 2.19. The molecule has 1 heterocycles. The Hall–Kier alpha value is -2.49. The van der Waals surface area contributed by atoms with Crippen molar-refractivity contribution in [2.75, 3.05) is 30.9 Å². The van der Waals surface area contributed by atoms with Crippen molar-refractivity contribution in [3.63, 3.8) is 0 Å². The largest absolute Gasteiger partial charge is 0.495 e. The molecule has 0 atom stereocenters. The number of benzene rings is 2. The number of amides is 1. The molecule has 1 amide bonds. The molecule has 0 saturated carbocycles. The van der Waals surface area contributed by atoms with Crippen molar-refractivity contribution >= 4 is 17.3 Å². The van der Waals surface area contributed by atoms with Crippen molar-refractivity contribution in [3.8, 4) is 5.75 Å². The van der Waals surface area contributed by atoms with Crippen LogP contribution in [0.25, 0.3) is 0 Å². The minimum atomic E-state index is -0.0331. The summed E-state index contributed by atoms with van der Waals surface area (Å²) in [6.45, 7) is 0.940. The van der Waals surface area contributed by atoms with E-state index in [-0.39, 0.29) is 5.91 Å². The summed E-state index contributed by atoms with van der Waals surface area (Å²) in [6.07, 6.45) is 0.967. The Bertz CT molecular complexity index is 682. The minimum absolute atomic E-state index is 0.0331. The van der Waals surface area contributed by atoms with Gasteiger partial charge in [-0.2, -0.15) is 0 Å². The number of hydrogen-bond donors (Lipinski definition) is 1. The van der Waals surface area contributed by atoms with Crippen LogP contribution in [-0.2, 0) is 6.42 Å². The van der Waals surface area contributed by atoms with Crippen LogP contribution < -0.4 is 15.0 Å². The van der Waals surface area contributed by atoms with Gasteiger partial charge in [-0.3, -0.25) is 4.79 Å². The number of ether oxygens (including phenoxy) is 1. The SMILES string of the molecule is COc1ccccc1N(C)C(=O)c1ccc2c(c1)CCN2. The predicted molar refractivity (Wildman–Crippen MR) is 84.4 cm³/mol. The summed E-state index contributed by atoms with van der Waals surface area (Å²) in [4.78, 5) is 14.3. The van der Waals surface area contributed by atoms with E-state index in [1.165, 1.54) is 5.56 Å². The maximum Gasteiger partial charge on any atom is 0.258 e. The van der Waals surface area contributed by atoms with E-state index in [0.29, 0.717) is 11.3 Å². The fourth-order valence-corrected chi connectivity index (χ4v) is 2.65. The highest BCUT2D eigenvalue weighted by atomic mass is 16.5. The second kappa shape index (κ2) is 5.48. The second-order valence-corrected chi connectivity index (χ2v) is 5.08. The quantitative estimate of drug-likeness (QED) is 0.941. The molecule has 1 aliphatic rings. The number of nitrogens with zero attached hydrogens (tertiary/aromatic N) is 1. The summed E-state index contributed by atoms with van der Waals surface area (Å²) in [6, 6.07) is 13.3. The molecule has 0 bridgehead atoms. The number of hydrogen-bond acceptors (Lipinski definition) is 3. The van der Waals surface area contributed by atoms with Crippen LogP contribution in [0.2, 0.25) is 0 Å². The third kappa shape index (κ3) is 2.44. The van der Waals surface area contributed by atoms with Crippen LogP contribution in [0.3, 0.4) is 0 Å². The fourth-order valence-electron chi connectivity index (χ4n) is 2.65. The van der Waals surface area contributed by atoms with Gasteiger partial charge in [-0.15, -0.1) is 0 Å². The van der Waals surface area contributed by atoms with E-state index in [4.69, 9.17) is 4.74 Å². The first-order valence-electron chi connectivity index (χ1n) is 6.98. The molecule has 3 rings (SSSR count). The van der Waals surface area contributed by atoms with Gasteiger partial charge in [0.1, 0.15) is 5.75 Å². The average Bonchev–Trinajstić information content (AvgIpc) is 3.00. The molecule has 0 fully saturated rings. The number of rotatable bonds is 3. The monoisotopic (exact) mass is 282 g/mol. The molecule has 0 unspecified atom stereocenters. The third-order valence-corrected chi connectivity index (χ3v) is 3.81. The molecule has 0 saturated heterocycles. The number of methoxy groups -OCH3 is 1.